The number of fused-ring (bicyclic) bond motifs is 3. The number of Topliss-reactive ketones (excluding diaryl/α,β-unsaturated/α-hetero) is 1. The summed E-state index contributed by atoms with van der Waals surface area (Å²) in [6.07, 6.45) is 0.815. The molecule has 1 N–H and O–H groups in total. The first-order valence-electron chi connectivity index (χ1n) is 8.65. The van der Waals surface area contributed by atoms with Gasteiger partial charge in [-0.05, 0) is 18.6 Å². The molecule has 1 saturated heterocycles. The second-order valence-corrected chi connectivity index (χ2v) is 6.34. The van der Waals surface area contributed by atoms with Crippen molar-refractivity contribution in [3.8, 4) is 0 Å². The highest BCUT2D eigenvalue weighted by molar-refractivity contribution is 6.16. The lowest BCUT2D eigenvalue weighted by Crippen LogP contribution is -2.47. The number of hydrogen-bond donors (Lipinski definition) is 1. The molecule has 1 unspecified atom stereocenters. The highest BCUT2D eigenvalue weighted by Crippen LogP contribution is 2.29. The van der Waals surface area contributed by atoms with Crippen molar-refractivity contribution in [2.45, 2.75) is 19.4 Å². The number of carbonyl (C=O) groups is 1. The fraction of sp³-hybridized carbons (Fsp3) is 0.350. The van der Waals surface area contributed by atoms with E-state index in [-0.39, 0.29) is 11.8 Å². The van der Waals surface area contributed by atoms with Crippen LogP contribution in [0.1, 0.15) is 23.7 Å². The molecule has 4 nitrogen and oxygen atoms in total. The van der Waals surface area contributed by atoms with E-state index < -0.39 is 0 Å². The molecule has 0 aliphatic carbocycles. The molecule has 1 aromatic heterocycles. The molecule has 1 fully saturated rings. The van der Waals surface area contributed by atoms with Crippen molar-refractivity contribution in [2.75, 3.05) is 26.3 Å². The molecule has 1 aliphatic rings. The molecular weight excluding hydrogens is 300 g/mol. The van der Waals surface area contributed by atoms with Crippen molar-refractivity contribution in [3.05, 3.63) is 48.0 Å². The number of benzene rings is 2. The molecule has 1 atom stereocenters. The number of rotatable bonds is 4. The lowest BCUT2D eigenvalue weighted by Gasteiger charge is -2.33. The number of ether oxygens (including phenoxy) is 1. The number of aromatic amines is 1. The monoisotopic (exact) mass is 322 g/mol. The van der Waals surface area contributed by atoms with Gasteiger partial charge in [0.05, 0.1) is 24.8 Å². The number of morpholine rings is 1. The van der Waals surface area contributed by atoms with Crippen LogP contribution in [0.5, 0.6) is 0 Å². The van der Waals surface area contributed by atoms with Crippen molar-refractivity contribution < 1.29 is 9.53 Å². The van der Waals surface area contributed by atoms with Crippen LogP contribution in [0.3, 0.4) is 0 Å². The molecule has 2 aromatic carbocycles. The van der Waals surface area contributed by atoms with Crippen molar-refractivity contribution in [3.63, 3.8) is 0 Å². The summed E-state index contributed by atoms with van der Waals surface area (Å²) in [4.78, 5) is 19.0. The van der Waals surface area contributed by atoms with E-state index in [0.717, 1.165) is 41.5 Å². The predicted molar refractivity (Wildman–Crippen MR) is 96.6 cm³/mol. The maximum absolute atomic E-state index is 13.3. The Bertz CT molecular complexity index is 878. The van der Waals surface area contributed by atoms with Crippen LogP contribution in [0.4, 0.5) is 0 Å². The van der Waals surface area contributed by atoms with E-state index in [1.807, 2.05) is 24.3 Å². The van der Waals surface area contributed by atoms with Gasteiger partial charge in [0.25, 0.3) is 0 Å². The largest absolute Gasteiger partial charge is 0.379 e. The first kappa shape index (κ1) is 15.4. The van der Waals surface area contributed by atoms with Crippen LogP contribution >= 0.6 is 0 Å². The number of aromatic nitrogens is 1. The van der Waals surface area contributed by atoms with Crippen LogP contribution in [0.25, 0.3) is 21.8 Å². The molecule has 0 radical (unpaired) electrons. The summed E-state index contributed by atoms with van der Waals surface area (Å²) in [7, 11) is 0. The Labute approximate surface area is 141 Å². The number of H-pyrrole nitrogens is 1. The van der Waals surface area contributed by atoms with Gasteiger partial charge in [-0.1, -0.05) is 37.3 Å². The van der Waals surface area contributed by atoms with Crippen molar-refractivity contribution >= 4 is 27.6 Å². The number of hydrogen-bond acceptors (Lipinski definition) is 3. The Kier molecular flexibility index (Phi) is 4.08. The summed E-state index contributed by atoms with van der Waals surface area (Å²) in [5.41, 5.74) is 2.82. The number of carbonyl (C=O) groups excluding carboxylic acids is 1. The molecule has 124 valence electrons. The summed E-state index contributed by atoms with van der Waals surface area (Å²) < 4.78 is 5.43. The zero-order valence-electron chi connectivity index (χ0n) is 13.9. The fourth-order valence-corrected chi connectivity index (χ4v) is 3.76. The van der Waals surface area contributed by atoms with Gasteiger partial charge in [0, 0.05) is 34.9 Å². The highest BCUT2D eigenvalue weighted by Gasteiger charge is 2.28. The minimum Gasteiger partial charge on any atom is -0.379 e. The molecule has 1 aliphatic heterocycles. The summed E-state index contributed by atoms with van der Waals surface area (Å²) in [5.74, 6) is 0.205. The summed E-state index contributed by atoms with van der Waals surface area (Å²) in [6, 6.07) is 14.1. The maximum Gasteiger partial charge on any atom is 0.182 e. The molecule has 0 spiro atoms. The number of nitrogens with zero attached hydrogens (tertiary/aromatic N) is 1. The van der Waals surface area contributed by atoms with Gasteiger partial charge >= 0.3 is 0 Å². The van der Waals surface area contributed by atoms with E-state index in [9.17, 15) is 4.79 Å². The van der Waals surface area contributed by atoms with Gasteiger partial charge in [0.1, 0.15) is 0 Å². The van der Waals surface area contributed by atoms with Gasteiger partial charge < -0.3 is 9.72 Å². The van der Waals surface area contributed by atoms with Crippen molar-refractivity contribution in [1.29, 1.82) is 0 Å². The van der Waals surface area contributed by atoms with Crippen LogP contribution in [-0.2, 0) is 4.74 Å². The van der Waals surface area contributed by atoms with E-state index in [1.54, 1.807) is 0 Å². The Morgan fingerprint density at radius 2 is 1.88 bits per heavy atom. The first-order valence-corrected chi connectivity index (χ1v) is 8.65. The molecule has 3 aromatic rings. The summed E-state index contributed by atoms with van der Waals surface area (Å²) in [6.45, 7) is 5.16. The minimum atomic E-state index is -0.0779. The normalized spacial score (nSPS) is 17.4. The van der Waals surface area contributed by atoms with Crippen LogP contribution in [0.2, 0.25) is 0 Å². The van der Waals surface area contributed by atoms with Crippen LogP contribution < -0.4 is 0 Å². The minimum absolute atomic E-state index is 0.0779. The maximum atomic E-state index is 13.3. The molecule has 2 heterocycles. The Balaban J connectivity index is 1.78. The Morgan fingerprint density at radius 3 is 2.67 bits per heavy atom. The standard InChI is InChI=1S/C20H22N2O2/c1-2-18(22-10-12-24-13-11-22)20(23)16-8-5-7-15-14-6-3-4-9-17(14)21-19(15)16/h3-9,18,21H,2,10-13H2,1H3. The van der Waals surface area contributed by atoms with Crippen LogP contribution in [0, 0.1) is 0 Å². The van der Waals surface area contributed by atoms with E-state index in [2.05, 4.69) is 35.0 Å². The Morgan fingerprint density at radius 1 is 1.12 bits per heavy atom. The fourth-order valence-electron chi connectivity index (χ4n) is 3.76. The van der Waals surface area contributed by atoms with E-state index in [4.69, 9.17) is 4.74 Å². The Hall–Kier alpha value is -2.17. The lowest BCUT2D eigenvalue weighted by molar-refractivity contribution is 0.0170. The van der Waals surface area contributed by atoms with E-state index in [0.29, 0.717) is 13.2 Å². The molecule has 0 bridgehead atoms. The molecule has 4 rings (SSSR count). The zero-order chi connectivity index (χ0) is 16.5. The van der Waals surface area contributed by atoms with Gasteiger partial charge in [0.2, 0.25) is 0 Å². The zero-order valence-corrected chi connectivity index (χ0v) is 13.9. The van der Waals surface area contributed by atoms with Crippen LogP contribution in [0.15, 0.2) is 42.5 Å². The quantitative estimate of drug-likeness (QED) is 0.746. The third-order valence-electron chi connectivity index (χ3n) is 4.98. The first-order chi connectivity index (χ1) is 11.8. The molecule has 0 saturated carbocycles. The average molecular weight is 322 g/mol. The third kappa shape index (κ3) is 2.52. The third-order valence-corrected chi connectivity index (χ3v) is 4.98. The predicted octanol–water partition coefficient (Wildman–Crippen LogP) is 3.61. The van der Waals surface area contributed by atoms with Gasteiger partial charge in [-0.15, -0.1) is 0 Å². The number of para-hydroxylation sites is 2. The molecule has 4 heteroatoms. The highest BCUT2D eigenvalue weighted by atomic mass is 16.5. The molecular formula is C20H22N2O2. The van der Waals surface area contributed by atoms with Crippen molar-refractivity contribution in [1.82, 2.24) is 9.88 Å². The number of nitrogens with one attached hydrogen (secondary N) is 1. The number of ketones is 1. The van der Waals surface area contributed by atoms with Crippen molar-refractivity contribution in [2.24, 2.45) is 0 Å². The van der Waals surface area contributed by atoms with Crippen LogP contribution in [-0.4, -0.2) is 48.0 Å². The topological polar surface area (TPSA) is 45.3 Å². The summed E-state index contributed by atoms with van der Waals surface area (Å²) in [5, 5.41) is 2.29. The second-order valence-electron chi connectivity index (χ2n) is 6.34. The summed E-state index contributed by atoms with van der Waals surface area (Å²) >= 11 is 0. The SMILES string of the molecule is CCC(C(=O)c1cccc2c1[nH]c1ccccc12)N1CCOCC1. The average Bonchev–Trinajstić information content (AvgIpc) is 3.02. The molecule has 24 heavy (non-hydrogen) atoms. The second kappa shape index (κ2) is 6.38. The van der Waals surface area contributed by atoms with Gasteiger partial charge in [0.15, 0.2) is 5.78 Å². The van der Waals surface area contributed by atoms with Gasteiger partial charge in [-0.25, -0.2) is 0 Å². The van der Waals surface area contributed by atoms with E-state index >= 15 is 0 Å². The lowest BCUT2D eigenvalue weighted by atomic mass is 9.98. The van der Waals surface area contributed by atoms with Gasteiger partial charge in [-0.2, -0.15) is 0 Å². The van der Waals surface area contributed by atoms with Gasteiger partial charge in [-0.3, -0.25) is 9.69 Å². The molecule has 0 amide bonds. The smallest absolute Gasteiger partial charge is 0.182 e. The van der Waals surface area contributed by atoms with E-state index in [1.165, 1.54) is 5.39 Å².